The molecule has 0 radical (unpaired) electrons. The molecule has 2 aliphatic carbocycles. The summed E-state index contributed by atoms with van der Waals surface area (Å²) in [6, 6.07) is 12.8. The van der Waals surface area contributed by atoms with Crippen LogP contribution in [0.5, 0.6) is 0 Å². The lowest BCUT2D eigenvalue weighted by Crippen LogP contribution is -2.18. The van der Waals surface area contributed by atoms with Crippen LogP contribution in [0.15, 0.2) is 51.0 Å². The molecule has 0 saturated heterocycles. The summed E-state index contributed by atoms with van der Waals surface area (Å²) in [5, 5.41) is 19.8. The second-order valence-corrected chi connectivity index (χ2v) is 12.6. The molecule has 8 heteroatoms. The Kier molecular flexibility index (Phi) is 5.88. The van der Waals surface area contributed by atoms with Gasteiger partial charge in [-0.25, -0.2) is 14.1 Å². The summed E-state index contributed by atoms with van der Waals surface area (Å²) in [7, 11) is -3.51. The minimum absolute atomic E-state index is 0.266. The molecular formula is C26H29N3O3S2. The SMILES string of the molecule is CC(C)(O)c1cc(S(N)(=O)=NC(=O)Nc2c3c(cc4c2CCC4)CCC3)sc1-c1ccccc1. The topological polar surface area (TPSA) is 105 Å². The van der Waals surface area contributed by atoms with Crippen LogP contribution in [0.3, 0.4) is 0 Å². The van der Waals surface area contributed by atoms with E-state index < -0.39 is 21.5 Å². The van der Waals surface area contributed by atoms with Gasteiger partial charge in [0.25, 0.3) is 0 Å². The minimum atomic E-state index is -3.51. The van der Waals surface area contributed by atoms with Gasteiger partial charge in [0.15, 0.2) is 9.92 Å². The number of urea groups is 1. The van der Waals surface area contributed by atoms with Crippen LogP contribution in [0.2, 0.25) is 0 Å². The normalized spacial score (nSPS) is 16.6. The van der Waals surface area contributed by atoms with Crippen LogP contribution in [0, 0.1) is 0 Å². The predicted molar refractivity (Wildman–Crippen MR) is 138 cm³/mol. The van der Waals surface area contributed by atoms with Gasteiger partial charge in [-0.3, -0.25) is 0 Å². The standard InChI is InChI=1S/C26H29N3O3S2/c1-26(2,31)21-15-22(33-24(21)16-8-4-3-5-9-16)34(27,32)29-25(30)28-23-19-12-6-10-17(19)14-18-11-7-13-20(18)23/h3-5,8-9,14-15,31H,6-7,10-13H2,1-2H3,(H3,27,28,29,30,32). The number of thiophene rings is 1. The highest BCUT2D eigenvalue weighted by Crippen LogP contribution is 2.41. The number of rotatable bonds is 4. The van der Waals surface area contributed by atoms with Crippen molar-refractivity contribution in [1.29, 1.82) is 0 Å². The summed E-state index contributed by atoms with van der Waals surface area (Å²) >= 11 is 1.20. The zero-order valence-corrected chi connectivity index (χ0v) is 21.0. The summed E-state index contributed by atoms with van der Waals surface area (Å²) in [4.78, 5) is 13.7. The summed E-state index contributed by atoms with van der Waals surface area (Å²) in [6.45, 7) is 3.34. The van der Waals surface area contributed by atoms with Gasteiger partial charge in [-0.05, 0) is 86.3 Å². The number of carbonyl (C=O) groups excluding carboxylic acids is 1. The fourth-order valence-corrected chi connectivity index (χ4v) is 7.59. The highest BCUT2D eigenvalue weighted by molar-refractivity contribution is 7.93. The van der Waals surface area contributed by atoms with E-state index in [1.54, 1.807) is 19.9 Å². The summed E-state index contributed by atoms with van der Waals surface area (Å²) in [5.74, 6) is 0. The van der Waals surface area contributed by atoms with Gasteiger partial charge in [0.1, 0.15) is 4.21 Å². The van der Waals surface area contributed by atoms with Crippen molar-refractivity contribution in [3.8, 4) is 10.4 Å². The first-order valence-corrected chi connectivity index (χ1v) is 14.0. The van der Waals surface area contributed by atoms with Gasteiger partial charge in [-0.2, -0.15) is 0 Å². The third kappa shape index (κ3) is 4.31. The number of benzene rings is 2. The number of aliphatic hydroxyl groups is 1. The van der Waals surface area contributed by atoms with Crippen LogP contribution >= 0.6 is 11.3 Å². The maximum atomic E-state index is 13.5. The lowest BCUT2D eigenvalue weighted by molar-refractivity contribution is 0.0795. The number of aryl methyl sites for hydroxylation is 2. The highest BCUT2D eigenvalue weighted by atomic mass is 32.2. The van der Waals surface area contributed by atoms with Crippen LogP contribution in [-0.2, 0) is 41.2 Å². The van der Waals surface area contributed by atoms with Gasteiger partial charge in [-0.15, -0.1) is 15.7 Å². The molecule has 0 aliphatic heterocycles. The Morgan fingerprint density at radius 3 is 2.26 bits per heavy atom. The third-order valence-electron chi connectivity index (χ3n) is 6.62. The molecule has 4 N–H and O–H groups in total. The third-order valence-corrected chi connectivity index (χ3v) is 9.69. The summed E-state index contributed by atoms with van der Waals surface area (Å²) in [5.41, 5.74) is 6.11. The average molecular weight is 496 g/mol. The molecule has 0 bridgehead atoms. The van der Waals surface area contributed by atoms with Crippen molar-refractivity contribution < 1.29 is 14.1 Å². The number of nitrogens with two attached hydrogens (primary N) is 1. The Bertz CT molecular complexity index is 1360. The molecule has 1 unspecified atom stereocenters. The Hall–Kier alpha value is -2.52. The van der Waals surface area contributed by atoms with Crippen LogP contribution in [0.25, 0.3) is 10.4 Å². The first kappa shape index (κ1) is 23.2. The van der Waals surface area contributed by atoms with Crippen molar-refractivity contribution in [2.75, 3.05) is 5.32 Å². The molecule has 34 heavy (non-hydrogen) atoms. The number of hydrogen-bond donors (Lipinski definition) is 3. The van der Waals surface area contributed by atoms with Gasteiger partial charge in [0, 0.05) is 16.1 Å². The number of amides is 2. The lowest BCUT2D eigenvalue weighted by Gasteiger charge is -2.18. The number of nitrogens with zero attached hydrogens (tertiary/aromatic N) is 1. The molecule has 1 heterocycles. The van der Waals surface area contributed by atoms with E-state index in [4.69, 9.17) is 5.14 Å². The molecule has 1 aromatic heterocycles. The largest absolute Gasteiger partial charge is 0.386 e. The predicted octanol–water partition coefficient (Wildman–Crippen LogP) is 5.55. The minimum Gasteiger partial charge on any atom is -0.386 e. The average Bonchev–Trinajstić information content (AvgIpc) is 3.52. The zero-order chi connectivity index (χ0) is 24.1. The van der Waals surface area contributed by atoms with Gasteiger partial charge in [0.05, 0.1) is 5.60 Å². The second kappa shape index (κ2) is 8.61. The molecule has 1 atom stereocenters. The number of hydrogen-bond acceptors (Lipinski definition) is 4. The highest BCUT2D eigenvalue weighted by Gasteiger charge is 2.28. The van der Waals surface area contributed by atoms with E-state index in [9.17, 15) is 14.1 Å². The lowest BCUT2D eigenvalue weighted by atomic mass is 9.96. The number of anilines is 1. The van der Waals surface area contributed by atoms with Crippen LogP contribution < -0.4 is 10.5 Å². The molecule has 0 spiro atoms. The molecular weight excluding hydrogens is 466 g/mol. The quantitative estimate of drug-likeness (QED) is 0.442. The summed E-state index contributed by atoms with van der Waals surface area (Å²) < 4.78 is 17.7. The van der Waals surface area contributed by atoms with Gasteiger partial charge >= 0.3 is 6.03 Å². The van der Waals surface area contributed by atoms with Crippen molar-refractivity contribution >= 4 is 33.0 Å². The molecule has 2 aliphatic rings. The fourth-order valence-electron chi connectivity index (χ4n) is 5.04. The van der Waals surface area contributed by atoms with Gasteiger partial charge in [-0.1, -0.05) is 36.4 Å². The van der Waals surface area contributed by atoms with E-state index in [1.165, 1.54) is 33.6 Å². The molecule has 2 aromatic carbocycles. The van der Waals surface area contributed by atoms with E-state index in [0.717, 1.165) is 54.7 Å². The van der Waals surface area contributed by atoms with E-state index >= 15 is 0 Å². The Balaban J connectivity index is 1.51. The molecule has 5 rings (SSSR count). The van der Waals surface area contributed by atoms with Crippen molar-refractivity contribution in [3.63, 3.8) is 0 Å². The van der Waals surface area contributed by atoms with Crippen molar-refractivity contribution in [1.82, 2.24) is 0 Å². The van der Waals surface area contributed by atoms with Crippen molar-refractivity contribution in [2.24, 2.45) is 9.50 Å². The van der Waals surface area contributed by atoms with Crippen molar-refractivity contribution in [2.45, 2.75) is 62.2 Å². The van der Waals surface area contributed by atoms with E-state index in [-0.39, 0.29) is 4.21 Å². The molecule has 178 valence electrons. The van der Waals surface area contributed by atoms with Gasteiger partial charge in [0.2, 0.25) is 0 Å². The van der Waals surface area contributed by atoms with Gasteiger partial charge < -0.3 is 10.4 Å². The number of fused-ring (bicyclic) bond motifs is 2. The van der Waals surface area contributed by atoms with Crippen LogP contribution in [0.1, 0.15) is 54.5 Å². The van der Waals surface area contributed by atoms with E-state index in [2.05, 4.69) is 15.7 Å². The maximum absolute atomic E-state index is 13.5. The fraction of sp³-hybridized carbons (Fsp3) is 0.346. The van der Waals surface area contributed by atoms with Crippen LogP contribution in [0.4, 0.5) is 10.5 Å². The number of carbonyl (C=O) groups is 1. The molecule has 3 aromatic rings. The second-order valence-electron chi connectivity index (χ2n) is 9.56. The monoisotopic (exact) mass is 495 g/mol. The molecule has 2 amide bonds. The summed E-state index contributed by atoms with van der Waals surface area (Å²) in [6.07, 6.45) is 6.04. The molecule has 0 saturated carbocycles. The van der Waals surface area contributed by atoms with Crippen LogP contribution in [-0.4, -0.2) is 15.3 Å². The zero-order valence-electron chi connectivity index (χ0n) is 19.4. The number of nitrogens with one attached hydrogen (secondary N) is 1. The smallest absolute Gasteiger partial charge is 0.354 e. The maximum Gasteiger partial charge on any atom is 0.354 e. The Morgan fingerprint density at radius 2 is 1.68 bits per heavy atom. The van der Waals surface area contributed by atoms with Crippen molar-refractivity contribution in [3.05, 3.63) is 70.3 Å². The first-order valence-electron chi connectivity index (χ1n) is 11.6. The Morgan fingerprint density at radius 1 is 1.06 bits per heavy atom. The molecule has 0 fully saturated rings. The van der Waals surface area contributed by atoms with E-state index in [1.807, 2.05) is 30.3 Å². The Labute approximate surface area is 204 Å². The first-order chi connectivity index (χ1) is 16.1. The molecule has 6 nitrogen and oxygen atoms in total. The van der Waals surface area contributed by atoms with E-state index in [0.29, 0.717) is 5.56 Å².